The molecule has 2 aromatic carbocycles. The molecule has 124 valence electrons. The second-order valence-corrected chi connectivity index (χ2v) is 6.38. The highest BCUT2D eigenvalue weighted by molar-refractivity contribution is 6.30. The van der Waals surface area contributed by atoms with E-state index < -0.39 is 0 Å². The van der Waals surface area contributed by atoms with Gasteiger partial charge in [0.05, 0.1) is 17.1 Å². The van der Waals surface area contributed by atoms with Crippen LogP contribution in [0.3, 0.4) is 0 Å². The van der Waals surface area contributed by atoms with E-state index in [0.717, 1.165) is 22.4 Å². The third-order valence-electron chi connectivity index (χ3n) is 3.66. The first-order valence-corrected chi connectivity index (χ1v) is 8.29. The summed E-state index contributed by atoms with van der Waals surface area (Å²) in [6.07, 6.45) is 0.493. The van der Waals surface area contributed by atoms with Crippen molar-refractivity contribution in [2.45, 2.75) is 32.9 Å². The number of halogens is 1. The Morgan fingerprint density at radius 1 is 1.17 bits per heavy atom. The van der Waals surface area contributed by atoms with Gasteiger partial charge in [-0.25, -0.2) is 4.98 Å². The molecule has 1 heterocycles. The van der Waals surface area contributed by atoms with E-state index in [9.17, 15) is 4.79 Å². The number of esters is 1. The van der Waals surface area contributed by atoms with Crippen LogP contribution in [0, 0.1) is 0 Å². The second-order valence-electron chi connectivity index (χ2n) is 5.94. The molecule has 0 saturated carbocycles. The number of benzene rings is 2. The molecule has 0 bridgehead atoms. The number of fused-ring (bicyclic) bond motifs is 1. The van der Waals surface area contributed by atoms with E-state index in [1.165, 1.54) is 0 Å². The zero-order valence-corrected chi connectivity index (χ0v) is 14.5. The second kappa shape index (κ2) is 7.05. The molecule has 0 spiro atoms. The first kappa shape index (κ1) is 16.5. The van der Waals surface area contributed by atoms with Gasteiger partial charge in [0.1, 0.15) is 12.4 Å². The molecule has 0 aliphatic rings. The summed E-state index contributed by atoms with van der Waals surface area (Å²) in [5, 5.41) is 0.702. The summed E-state index contributed by atoms with van der Waals surface area (Å²) in [7, 11) is 0. The average molecular weight is 343 g/mol. The molecule has 24 heavy (non-hydrogen) atoms. The monoisotopic (exact) mass is 342 g/mol. The van der Waals surface area contributed by atoms with Gasteiger partial charge in [-0.1, -0.05) is 35.9 Å². The van der Waals surface area contributed by atoms with Gasteiger partial charge >= 0.3 is 5.97 Å². The van der Waals surface area contributed by atoms with Crippen LogP contribution in [0.2, 0.25) is 5.02 Å². The van der Waals surface area contributed by atoms with Crippen LogP contribution in [0.25, 0.3) is 11.0 Å². The van der Waals surface area contributed by atoms with Crippen LogP contribution in [-0.4, -0.2) is 21.6 Å². The summed E-state index contributed by atoms with van der Waals surface area (Å²) < 4.78 is 7.21. The molecule has 0 saturated heterocycles. The molecular formula is C19H19ClN2O2. The maximum atomic E-state index is 12.1. The molecule has 3 aromatic rings. The van der Waals surface area contributed by atoms with Crippen LogP contribution < -0.4 is 0 Å². The lowest BCUT2D eigenvalue weighted by Gasteiger charge is -2.11. The molecule has 0 atom stereocenters. The maximum Gasteiger partial charge on any atom is 0.326 e. The van der Waals surface area contributed by atoms with E-state index in [1.807, 2.05) is 66.9 Å². The predicted octanol–water partition coefficient (Wildman–Crippen LogP) is 4.23. The molecular weight excluding hydrogens is 324 g/mol. The van der Waals surface area contributed by atoms with Gasteiger partial charge in [-0.3, -0.25) is 4.79 Å². The van der Waals surface area contributed by atoms with Gasteiger partial charge in [0.2, 0.25) is 0 Å². The molecule has 3 rings (SSSR count). The van der Waals surface area contributed by atoms with Crippen LogP contribution >= 0.6 is 11.6 Å². The molecule has 0 N–H and O–H groups in total. The molecule has 0 aliphatic carbocycles. The minimum atomic E-state index is -0.259. The van der Waals surface area contributed by atoms with Gasteiger partial charge < -0.3 is 9.30 Å². The van der Waals surface area contributed by atoms with Gasteiger partial charge in [0, 0.05) is 11.4 Å². The summed E-state index contributed by atoms with van der Waals surface area (Å²) >= 11 is 5.95. The first-order valence-electron chi connectivity index (χ1n) is 7.91. The Labute approximate surface area is 146 Å². The Balaban J connectivity index is 1.95. The zero-order valence-electron chi connectivity index (χ0n) is 13.7. The van der Waals surface area contributed by atoms with Crippen LogP contribution in [0.1, 0.15) is 25.2 Å². The molecule has 0 amide bonds. The fourth-order valence-electron chi connectivity index (χ4n) is 2.65. The number of nitrogens with zero attached hydrogens (tertiary/aromatic N) is 2. The molecule has 0 unspecified atom stereocenters. The standard InChI is InChI=1S/C19H19ClN2O2/c1-13(2)24-19(23)12-22-17-6-4-3-5-16(17)21-18(22)11-14-7-9-15(20)10-8-14/h3-10,13H,11-12H2,1-2H3. The Bertz CT molecular complexity index is 853. The number of aromatic nitrogens is 2. The van der Waals surface area contributed by atoms with Crippen molar-refractivity contribution in [3.63, 3.8) is 0 Å². The Hall–Kier alpha value is -2.33. The van der Waals surface area contributed by atoms with Crippen molar-refractivity contribution in [2.75, 3.05) is 0 Å². The van der Waals surface area contributed by atoms with Gasteiger partial charge in [-0.05, 0) is 43.7 Å². The number of carbonyl (C=O) groups is 1. The number of ether oxygens (including phenoxy) is 1. The summed E-state index contributed by atoms with van der Waals surface area (Å²) in [6, 6.07) is 15.5. The topological polar surface area (TPSA) is 44.1 Å². The summed E-state index contributed by atoms with van der Waals surface area (Å²) in [4.78, 5) is 16.8. The number of hydrogen-bond donors (Lipinski definition) is 0. The van der Waals surface area contributed by atoms with Crippen molar-refractivity contribution in [2.24, 2.45) is 0 Å². The fraction of sp³-hybridized carbons (Fsp3) is 0.263. The summed E-state index contributed by atoms with van der Waals surface area (Å²) in [5.74, 6) is 0.574. The minimum Gasteiger partial charge on any atom is -0.462 e. The Morgan fingerprint density at radius 2 is 1.88 bits per heavy atom. The van der Waals surface area contributed by atoms with Crippen LogP contribution in [-0.2, 0) is 22.5 Å². The SMILES string of the molecule is CC(C)OC(=O)Cn1c(Cc2ccc(Cl)cc2)nc2ccccc21. The highest BCUT2D eigenvalue weighted by atomic mass is 35.5. The largest absolute Gasteiger partial charge is 0.462 e. The van der Waals surface area contributed by atoms with Crippen LogP contribution in [0.4, 0.5) is 0 Å². The molecule has 0 aliphatic heterocycles. The van der Waals surface area contributed by atoms with Gasteiger partial charge in [-0.15, -0.1) is 0 Å². The zero-order chi connectivity index (χ0) is 17.1. The number of hydrogen-bond acceptors (Lipinski definition) is 3. The molecule has 4 nitrogen and oxygen atoms in total. The quantitative estimate of drug-likeness (QED) is 0.652. The van der Waals surface area contributed by atoms with Crippen molar-refractivity contribution < 1.29 is 9.53 Å². The normalized spacial score (nSPS) is 11.2. The minimum absolute atomic E-state index is 0.132. The van der Waals surface area contributed by atoms with Gasteiger partial charge in [0.25, 0.3) is 0 Å². The number of rotatable bonds is 5. The summed E-state index contributed by atoms with van der Waals surface area (Å²) in [6.45, 7) is 3.85. The van der Waals surface area contributed by atoms with E-state index in [0.29, 0.717) is 11.4 Å². The average Bonchev–Trinajstić information content (AvgIpc) is 2.86. The van der Waals surface area contributed by atoms with Gasteiger partial charge in [0.15, 0.2) is 0 Å². The highest BCUT2D eigenvalue weighted by Crippen LogP contribution is 2.20. The van der Waals surface area contributed by atoms with Crippen molar-refractivity contribution in [1.29, 1.82) is 0 Å². The van der Waals surface area contributed by atoms with Crippen molar-refractivity contribution in [3.05, 3.63) is 64.9 Å². The molecule has 1 aromatic heterocycles. The predicted molar refractivity (Wildman–Crippen MR) is 95.2 cm³/mol. The Kier molecular flexibility index (Phi) is 4.86. The van der Waals surface area contributed by atoms with Crippen molar-refractivity contribution in [1.82, 2.24) is 9.55 Å². The third kappa shape index (κ3) is 3.77. The number of imidazole rings is 1. The third-order valence-corrected chi connectivity index (χ3v) is 3.92. The van der Waals surface area contributed by atoms with E-state index in [1.54, 1.807) is 0 Å². The van der Waals surface area contributed by atoms with Crippen molar-refractivity contribution >= 4 is 28.6 Å². The van der Waals surface area contributed by atoms with E-state index in [-0.39, 0.29) is 18.6 Å². The lowest BCUT2D eigenvalue weighted by Crippen LogP contribution is -2.19. The van der Waals surface area contributed by atoms with E-state index >= 15 is 0 Å². The van der Waals surface area contributed by atoms with Gasteiger partial charge in [-0.2, -0.15) is 0 Å². The lowest BCUT2D eigenvalue weighted by atomic mass is 10.1. The fourth-order valence-corrected chi connectivity index (χ4v) is 2.78. The van der Waals surface area contributed by atoms with Crippen LogP contribution in [0.15, 0.2) is 48.5 Å². The smallest absolute Gasteiger partial charge is 0.326 e. The van der Waals surface area contributed by atoms with E-state index in [4.69, 9.17) is 16.3 Å². The van der Waals surface area contributed by atoms with E-state index in [2.05, 4.69) is 4.98 Å². The molecule has 0 radical (unpaired) electrons. The number of carbonyl (C=O) groups excluding carboxylic acids is 1. The Morgan fingerprint density at radius 3 is 2.58 bits per heavy atom. The maximum absolute atomic E-state index is 12.1. The highest BCUT2D eigenvalue weighted by Gasteiger charge is 2.15. The lowest BCUT2D eigenvalue weighted by molar-refractivity contribution is -0.148. The molecule has 0 fully saturated rings. The van der Waals surface area contributed by atoms with Crippen LogP contribution in [0.5, 0.6) is 0 Å². The molecule has 5 heteroatoms. The number of para-hydroxylation sites is 2. The van der Waals surface area contributed by atoms with Crippen molar-refractivity contribution in [3.8, 4) is 0 Å². The first-order chi connectivity index (χ1) is 11.5. The summed E-state index contributed by atoms with van der Waals surface area (Å²) in [5.41, 5.74) is 2.90.